The molecule has 3 rings (SSSR count). The minimum Gasteiger partial charge on any atom is -0.495 e. The van der Waals surface area contributed by atoms with Crippen LogP contribution in [0.1, 0.15) is 28.3 Å². The molecule has 1 N–H and O–H groups in total. The standard InChI is InChI=1S/C22H23NO3S/c1-16-9-12-19(13-10-16)22(18-7-5-4-6-8-18)23-27(24,25)21-15-17(2)11-14-20(21)26-3/h4-15,22-23H,1-3H3/t22-/m1/s1. The summed E-state index contributed by atoms with van der Waals surface area (Å²) in [4.78, 5) is 0.137. The van der Waals surface area contributed by atoms with Gasteiger partial charge in [-0.25, -0.2) is 8.42 Å². The number of benzene rings is 3. The predicted octanol–water partition coefficient (Wildman–Crippen LogP) is 4.38. The van der Waals surface area contributed by atoms with Crippen LogP contribution in [0.3, 0.4) is 0 Å². The molecule has 140 valence electrons. The lowest BCUT2D eigenvalue weighted by Gasteiger charge is -2.21. The third-order valence-electron chi connectivity index (χ3n) is 4.43. The summed E-state index contributed by atoms with van der Waals surface area (Å²) in [6.07, 6.45) is 0. The van der Waals surface area contributed by atoms with Crippen LogP contribution in [0.25, 0.3) is 0 Å². The van der Waals surface area contributed by atoms with E-state index in [0.29, 0.717) is 5.75 Å². The molecule has 0 unspecified atom stereocenters. The molecule has 0 fully saturated rings. The van der Waals surface area contributed by atoms with Crippen molar-refractivity contribution < 1.29 is 13.2 Å². The third kappa shape index (κ3) is 4.38. The van der Waals surface area contributed by atoms with Crippen LogP contribution in [0, 0.1) is 13.8 Å². The van der Waals surface area contributed by atoms with Crippen molar-refractivity contribution in [3.05, 3.63) is 95.1 Å². The number of hydrogen-bond donors (Lipinski definition) is 1. The van der Waals surface area contributed by atoms with E-state index in [-0.39, 0.29) is 4.90 Å². The van der Waals surface area contributed by atoms with E-state index >= 15 is 0 Å². The van der Waals surface area contributed by atoms with Crippen LogP contribution in [-0.2, 0) is 10.0 Å². The van der Waals surface area contributed by atoms with Crippen molar-refractivity contribution >= 4 is 10.0 Å². The van der Waals surface area contributed by atoms with E-state index in [0.717, 1.165) is 22.3 Å². The Kier molecular flexibility index (Phi) is 5.63. The molecule has 0 aliphatic heterocycles. The van der Waals surface area contributed by atoms with Crippen LogP contribution in [0.5, 0.6) is 5.75 Å². The van der Waals surface area contributed by atoms with Gasteiger partial charge < -0.3 is 4.74 Å². The summed E-state index contributed by atoms with van der Waals surface area (Å²) in [6, 6.07) is 22.0. The second-order valence-corrected chi connectivity index (χ2v) is 8.21. The molecule has 0 saturated heterocycles. The highest BCUT2D eigenvalue weighted by Crippen LogP contribution is 2.29. The zero-order valence-electron chi connectivity index (χ0n) is 15.6. The van der Waals surface area contributed by atoms with E-state index < -0.39 is 16.1 Å². The zero-order chi connectivity index (χ0) is 19.4. The summed E-state index contributed by atoms with van der Waals surface area (Å²) in [5.41, 5.74) is 3.72. The molecular formula is C22H23NO3S. The lowest BCUT2D eigenvalue weighted by atomic mass is 9.99. The fourth-order valence-electron chi connectivity index (χ4n) is 2.95. The molecule has 4 nitrogen and oxygen atoms in total. The van der Waals surface area contributed by atoms with Gasteiger partial charge in [-0.1, -0.05) is 66.2 Å². The molecule has 1 atom stereocenters. The Bertz CT molecular complexity index is 1010. The first-order valence-electron chi connectivity index (χ1n) is 8.69. The van der Waals surface area contributed by atoms with Gasteiger partial charge in [0.05, 0.1) is 13.2 Å². The van der Waals surface area contributed by atoms with Crippen LogP contribution < -0.4 is 9.46 Å². The second kappa shape index (κ2) is 7.94. The van der Waals surface area contributed by atoms with Crippen molar-refractivity contribution in [2.45, 2.75) is 24.8 Å². The predicted molar refractivity (Wildman–Crippen MR) is 108 cm³/mol. The van der Waals surface area contributed by atoms with E-state index in [4.69, 9.17) is 4.74 Å². The van der Waals surface area contributed by atoms with Crippen molar-refractivity contribution in [1.29, 1.82) is 0 Å². The van der Waals surface area contributed by atoms with Crippen molar-refractivity contribution in [3.63, 3.8) is 0 Å². The van der Waals surface area contributed by atoms with Crippen LogP contribution in [0.15, 0.2) is 77.7 Å². The van der Waals surface area contributed by atoms with Gasteiger partial charge in [-0.15, -0.1) is 0 Å². The monoisotopic (exact) mass is 381 g/mol. The highest BCUT2D eigenvalue weighted by atomic mass is 32.2. The zero-order valence-corrected chi connectivity index (χ0v) is 16.5. The second-order valence-electron chi connectivity index (χ2n) is 6.53. The first kappa shape index (κ1) is 19.1. The largest absolute Gasteiger partial charge is 0.495 e. The normalized spacial score (nSPS) is 12.6. The Morgan fingerprint density at radius 2 is 1.41 bits per heavy atom. The Hall–Kier alpha value is -2.63. The average molecular weight is 381 g/mol. The number of rotatable bonds is 6. The van der Waals surface area contributed by atoms with Gasteiger partial charge in [0.2, 0.25) is 10.0 Å². The van der Waals surface area contributed by atoms with Crippen molar-refractivity contribution in [2.24, 2.45) is 0 Å². The SMILES string of the molecule is COc1ccc(C)cc1S(=O)(=O)N[C@H](c1ccccc1)c1ccc(C)cc1. The Labute approximate surface area is 160 Å². The van der Waals surface area contributed by atoms with Gasteiger partial charge in [0.15, 0.2) is 0 Å². The van der Waals surface area contributed by atoms with Gasteiger partial charge >= 0.3 is 0 Å². The van der Waals surface area contributed by atoms with Crippen molar-refractivity contribution in [2.75, 3.05) is 7.11 Å². The lowest BCUT2D eigenvalue weighted by molar-refractivity contribution is 0.402. The van der Waals surface area contributed by atoms with Crippen LogP contribution in [0.4, 0.5) is 0 Å². The van der Waals surface area contributed by atoms with Crippen molar-refractivity contribution in [3.8, 4) is 5.75 Å². The topological polar surface area (TPSA) is 55.4 Å². The molecule has 0 spiro atoms. The first-order valence-corrected chi connectivity index (χ1v) is 10.2. The maximum Gasteiger partial charge on any atom is 0.245 e. The summed E-state index contributed by atoms with van der Waals surface area (Å²) < 4.78 is 34.5. The van der Waals surface area contributed by atoms with Gasteiger partial charge in [-0.05, 0) is 42.7 Å². The summed E-state index contributed by atoms with van der Waals surface area (Å²) in [5, 5.41) is 0. The van der Waals surface area contributed by atoms with E-state index in [1.165, 1.54) is 7.11 Å². The maximum absolute atomic E-state index is 13.2. The quantitative estimate of drug-likeness (QED) is 0.689. The molecule has 0 radical (unpaired) electrons. The van der Waals surface area contributed by atoms with Gasteiger partial charge in [0.25, 0.3) is 0 Å². The number of aryl methyl sites for hydroxylation is 2. The Balaban J connectivity index is 2.06. The minimum atomic E-state index is -3.81. The van der Waals surface area contributed by atoms with E-state index in [2.05, 4.69) is 4.72 Å². The average Bonchev–Trinajstić information content (AvgIpc) is 2.67. The number of sulfonamides is 1. The number of ether oxygens (including phenoxy) is 1. The number of nitrogens with one attached hydrogen (secondary N) is 1. The maximum atomic E-state index is 13.2. The molecule has 0 aliphatic carbocycles. The first-order chi connectivity index (χ1) is 12.9. The van der Waals surface area contributed by atoms with E-state index in [1.54, 1.807) is 12.1 Å². The van der Waals surface area contributed by atoms with Crippen LogP contribution >= 0.6 is 0 Å². The third-order valence-corrected chi connectivity index (χ3v) is 5.87. The Morgan fingerprint density at radius 3 is 2.04 bits per heavy atom. The van der Waals surface area contributed by atoms with E-state index in [1.807, 2.05) is 74.5 Å². The van der Waals surface area contributed by atoms with Crippen molar-refractivity contribution in [1.82, 2.24) is 4.72 Å². The molecule has 0 heterocycles. The lowest BCUT2D eigenvalue weighted by Crippen LogP contribution is -2.29. The number of hydrogen-bond acceptors (Lipinski definition) is 3. The Morgan fingerprint density at radius 1 is 0.815 bits per heavy atom. The van der Waals surface area contributed by atoms with Gasteiger partial charge in [0, 0.05) is 0 Å². The summed E-state index contributed by atoms with van der Waals surface area (Å²) in [5.74, 6) is 0.323. The smallest absolute Gasteiger partial charge is 0.245 e. The minimum absolute atomic E-state index is 0.137. The highest BCUT2D eigenvalue weighted by Gasteiger charge is 2.25. The van der Waals surface area contributed by atoms with Crippen LogP contribution in [0.2, 0.25) is 0 Å². The van der Waals surface area contributed by atoms with Gasteiger partial charge in [-0.2, -0.15) is 4.72 Å². The molecule has 27 heavy (non-hydrogen) atoms. The molecule has 0 amide bonds. The molecule has 0 aromatic heterocycles. The van der Waals surface area contributed by atoms with Gasteiger partial charge in [-0.3, -0.25) is 0 Å². The fraction of sp³-hybridized carbons (Fsp3) is 0.182. The molecular weight excluding hydrogens is 358 g/mol. The molecule has 0 bridgehead atoms. The molecule has 5 heteroatoms. The number of methoxy groups -OCH3 is 1. The summed E-state index contributed by atoms with van der Waals surface area (Å²) >= 11 is 0. The van der Waals surface area contributed by atoms with Crippen LogP contribution in [-0.4, -0.2) is 15.5 Å². The summed E-state index contributed by atoms with van der Waals surface area (Å²) in [6.45, 7) is 3.86. The molecule has 3 aromatic carbocycles. The highest BCUT2D eigenvalue weighted by molar-refractivity contribution is 7.89. The molecule has 3 aromatic rings. The fourth-order valence-corrected chi connectivity index (χ4v) is 4.41. The molecule has 0 aliphatic rings. The van der Waals surface area contributed by atoms with E-state index in [9.17, 15) is 8.42 Å². The molecule has 0 saturated carbocycles. The summed E-state index contributed by atoms with van der Waals surface area (Å²) in [7, 11) is -2.34. The van der Waals surface area contributed by atoms with Gasteiger partial charge in [0.1, 0.15) is 10.6 Å².